The van der Waals surface area contributed by atoms with Gasteiger partial charge in [-0.05, 0) is 38.6 Å². The van der Waals surface area contributed by atoms with E-state index < -0.39 is 0 Å². The first-order valence-corrected chi connectivity index (χ1v) is 11.1. The summed E-state index contributed by atoms with van der Waals surface area (Å²) in [5, 5.41) is 4.00. The molecule has 1 amide bonds. The highest BCUT2D eigenvalue weighted by Gasteiger charge is 2.24. The van der Waals surface area contributed by atoms with Crippen LogP contribution >= 0.6 is 11.3 Å². The van der Waals surface area contributed by atoms with Gasteiger partial charge in [-0.1, -0.05) is 30.3 Å². The predicted molar refractivity (Wildman–Crippen MR) is 120 cm³/mol. The van der Waals surface area contributed by atoms with Crippen molar-refractivity contribution in [3.8, 4) is 10.8 Å². The van der Waals surface area contributed by atoms with Crippen LogP contribution in [0.2, 0.25) is 0 Å². The van der Waals surface area contributed by atoms with E-state index >= 15 is 0 Å². The van der Waals surface area contributed by atoms with Crippen molar-refractivity contribution < 1.29 is 9.21 Å². The molecule has 0 aliphatic carbocycles. The number of nitrogens with one attached hydrogen (secondary N) is 1. The van der Waals surface area contributed by atoms with Gasteiger partial charge in [0.05, 0.1) is 11.7 Å². The van der Waals surface area contributed by atoms with Crippen LogP contribution in [0.5, 0.6) is 0 Å². The van der Waals surface area contributed by atoms with Gasteiger partial charge in [0.1, 0.15) is 10.6 Å². The van der Waals surface area contributed by atoms with Gasteiger partial charge in [-0.25, -0.2) is 4.98 Å². The lowest BCUT2D eigenvalue weighted by atomic mass is 10.1. The van der Waals surface area contributed by atoms with Crippen molar-refractivity contribution in [2.75, 3.05) is 39.8 Å². The van der Waals surface area contributed by atoms with E-state index in [9.17, 15) is 4.79 Å². The smallest absolute Gasteiger partial charge is 0.263 e. The molecule has 1 aromatic carbocycles. The van der Waals surface area contributed by atoms with Crippen molar-refractivity contribution in [3.05, 3.63) is 64.4 Å². The van der Waals surface area contributed by atoms with E-state index in [-0.39, 0.29) is 11.9 Å². The van der Waals surface area contributed by atoms with Crippen molar-refractivity contribution in [1.82, 2.24) is 20.1 Å². The number of likely N-dealkylation sites (N-methyl/N-ethyl adjacent to an activating group) is 1. The number of benzene rings is 1. The van der Waals surface area contributed by atoms with Crippen LogP contribution in [0, 0.1) is 13.8 Å². The van der Waals surface area contributed by atoms with Gasteiger partial charge >= 0.3 is 0 Å². The number of furan rings is 1. The number of hydrogen-bond donors (Lipinski definition) is 1. The topological polar surface area (TPSA) is 61.6 Å². The summed E-state index contributed by atoms with van der Waals surface area (Å²) in [5.74, 6) is 1.46. The summed E-state index contributed by atoms with van der Waals surface area (Å²) in [6.45, 7) is 8.70. The summed E-state index contributed by atoms with van der Waals surface area (Å²) in [6, 6.07) is 13.9. The fourth-order valence-corrected chi connectivity index (χ4v) is 4.63. The summed E-state index contributed by atoms with van der Waals surface area (Å²) >= 11 is 1.38. The maximum Gasteiger partial charge on any atom is 0.263 e. The molecule has 0 saturated carbocycles. The van der Waals surface area contributed by atoms with E-state index in [1.807, 2.05) is 44.2 Å². The Morgan fingerprint density at radius 3 is 2.53 bits per heavy atom. The van der Waals surface area contributed by atoms with Crippen molar-refractivity contribution in [3.63, 3.8) is 0 Å². The third-order valence-electron chi connectivity index (χ3n) is 5.50. The van der Waals surface area contributed by atoms with E-state index in [4.69, 9.17) is 4.42 Å². The Morgan fingerprint density at radius 2 is 1.87 bits per heavy atom. The molecule has 30 heavy (non-hydrogen) atoms. The number of nitrogens with zero attached hydrogens (tertiary/aromatic N) is 3. The molecule has 1 fully saturated rings. The highest BCUT2D eigenvalue weighted by Crippen LogP contribution is 2.29. The highest BCUT2D eigenvalue weighted by molar-refractivity contribution is 7.17. The third kappa shape index (κ3) is 4.80. The molecule has 1 saturated heterocycles. The number of aryl methyl sites for hydroxylation is 2. The molecule has 3 heterocycles. The zero-order valence-corrected chi connectivity index (χ0v) is 18.5. The van der Waals surface area contributed by atoms with Crippen LogP contribution in [0.25, 0.3) is 10.8 Å². The first-order valence-electron chi connectivity index (χ1n) is 10.3. The molecule has 158 valence electrons. The van der Waals surface area contributed by atoms with Crippen LogP contribution in [0.1, 0.15) is 32.7 Å². The maximum atomic E-state index is 13.2. The predicted octanol–water partition coefficient (Wildman–Crippen LogP) is 3.74. The molecule has 1 atom stereocenters. The van der Waals surface area contributed by atoms with E-state index in [0.29, 0.717) is 10.6 Å². The average Bonchev–Trinajstić information content (AvgIpc) is 3.35. The summed E-state index contributed by atoms with van der Waals surface area (Å²) < 4.78 is 5.68. The highest BCUT2D eigenvalue weighted by atomic mass is 32.1. The number of carbonyl (C=O) groups excluding carboxylic acids is 1. The lowest BCUT2D eigenvalue weighted by molar-refractivity contribution is 0.0910. The number of hydrogen-bond acceptors (Lipinski definition) is 6. The Morgan fingerprint density at radius 1 is 1.13 bits per heavy atom. The van der Waals surface area contributed by atoms with Crippen LogP contribution in [0.3, 0.4) is 0 Å². The molecular weight excluding hydrogens is 396 g/mol. The second-order valence-corrected chi connectivity index (χ2v) is 8.88. The summed E-state index contributed by atoms with van der Waals surface area (Å²) in [5.41, 5.74) is 1.85. The van der Waals surface area contributed by atoms with E-state index in [2.05, 4.69) is 39.3 Å². The molecular formula is C23H28N4O2S. The molecule has 4 rings (SSSR count). The molecule has 0 radical (unpaired) electrons. The first-order chi connectivity index (χ1) is 14.5. The van der Waals surface area contributed by atoms with Crippen LogP contribution in [0.15, 0.2) is 46.9 Å². The molecule has 0 spiro atoms. The SMILES string of the molecule is Cc1ccc(-c2nc(C)c(C(=O)NC(CN3CCN(C)CC3)c3ccccc3)s2)o1. The normalized spacial score (nSPS) is 16.5. The molecule has 0 bridgehead atoms. The van der Waals surface area contributed by atoms with Gasteiger partial charge in [-0.2, -0.15) is 0 Å². The molecule has 7 heteroatoms. The van der Waals surface area contributed by atoms with Gasteiger partial charge in [0.25, 0.3) is 5.91 Å². The van der Waals surface area contributed by atoms with Gasteiger partial charge in [0.2, 0.25) is 0 Å². The molecule has 2 aromatic heterocycles. The van der Waals surface area contributed by atoms with Gasteiger partial charge in [-0.15, -0.1) is 11.3 Å². The molecule has 1 unspecified atom stereocenters. The Kier molecular flexibility index (Phi) is 6.32. The summed E-state index contributed by atoms with van der Waals surface area (Å²) in [7, 11) is 2.15. The van der Waals surface area contributed by atoms with Gasteiger partial charge in [0.15, 0.2) is 10.8 Å². The minimum absolute atomic E-state index is 0.0714. The number of piperazine rings is 1. The Bertz CT molecular complexity index is 990. The molecule has 3 aromatic rings. The van der Waals surface area contributed by atoms with Gasteiger partial charge < -0.3 is 14.6 Å². The first kappa shape index (κ1) is 20.8. The lowest BCUT2D eigenvalue weighted by Gasteiger charge is -2.35. The summed E-state index contributed by atoms with van der Waals surface area (Å²) in [6.07, 6.45) is 0. The van der Waals surface area contributed by atoms with Crippen molar-refractivity contribution in [1.29, 1.82) is 0 Å². The average molecular weight is 425 g/mol. The second-order valence-electron chi connectivity index (χ2n) is 7.88. The Balaban J connectivity index is 1.52. The zero-order chi connectivity index (χ0) is 21.1. The minimum atomic E-state index is -0.0810. The number of amides is 1. The van der Waals surface area contributed by atoms with Gasteiger partial charge in [-0.3, -0.25) is 9.69 Å². The van der Waals surface area contributed by atoms with Crippen LogP contribution in [-0.2, 0) is 0 Å². The molecule has 1 N–H and O–H groups in total. The van der Waals surface area contributed by atoms with Crippen molar-refractivity contribution in [2.24, 2.45) is 0 Å². The summed E-state index contributed by atoms with van der Waals surface area (Å²) in [4.78, 5) is 23.2. The van der Waals surface area contributed by atoms with Gasteiger partial charge in [0, 0.05) is 32.7 Å². The fourth-order valence-electron chi connectivity index (χ4n) is 3.69. The maximum absolute atomic E-state index is 13.2. The van der Waals surface area contributed by atoms with E-state index in [1.165, 1.54) is 11.3 Å². The Hall–Kier alpha value is -2.48. The number of rotatable bonds is 6. The third-order valence-corrected chi connectivity index (χ3v) is 6.67. The second kappa shape index (κ2) is 9.12. The molecule has 1 aliphatic rings. The van der Waals surface area contributed by atoms with E-state index in [0.717, 1.165) is 54.7 Å². The minimum Gasteiger partial charge on any atom is -0.459 e. The zero-order valence-electron chi connectivity index (χ0n) is 17.7. The molecule has 1 aliphatic heterocycles. The quantitative estimate of drug-likeness (QED) is 0.653. The van der Waals surface area contributed by atoms with E-state index in [1.54, 1.807) is 0 Å². The number of aromatic nitrogens is 1. The lowest BCUT2D eigenvalue weighted by Crippen LogP contribution is -2.47. The monoisotopic (exact) mass is 424 g/mol. The van der Waals surface area contributed by atoms with Crippen molar-refractivity contribution in [2.45, 2.75) is 19.9 Å². The fraction of sp³-hybridized carbons (Fsp3) is 0.391. The standard InChI is InChI=1S/C23H28N4O2S/c1-16-9-10-20(29-16)23-24-17(2)21(30-23)22(28)25-19(18-7-5-4-6-8-18)15-27-13-11-26(3)12-14-27/h4-10,19H,11-15H2,1-3H3,(H,25,28). The Labute approximate surface area is 181 Å². The van der Waals surface area contributed by atoms with Crippen LogP contribution in [-0.4, -0.2) is 60.5 Å². The largest absolute Gasteiger partial charge is 0.459 e. The van der Waals surface area contributed by atoms with Crippen molar-refractivity contribution >= 4 is 17.2 Å². The van der Waals surface area contributed by atoms with Crippen LogP contribution in [0.4, 0.5) is 0 Å². The van der Waals surface area contributed by atoms with Crippen LogP contribution < -0.4 is 5.32 Å². The number of thiazole rings is 1. The molecule has 6 nitrogen and oxygen atoms in total. The number of carbonyl (C=O) groups is 1.